The number of hydrogen-bond acceptors (Lipinski definition) is 4. The Morgan fingerprint density at radius 3 is 2.30 bits per heavy atom. The molecule has 2 heterocycles. The number of nitrogens with one attached hydrogen (secondary N) is 1. The molecule has 0 saturated carbocycles. The number of halogens is 1. The van der Waals surface area contributed by atoms with Crippen LogP contribution in [0.25, 0.3) is 0 Å². The summed E-state index contributed by atoms with van der Waals surface area (Å²) in [6.45, 7) is 7.52. The first kappa shape index (κ1) is 14.9. The summed E-state index contributed by atoms with van der Waals surface area (Å²) in [5.74, 6) is -1.04. The van der Waals surface area contributed by atoms with Gasteiger partial charge in [0.15, 0.2) is 0 Å². The zero-order valence-electron chi connectivity index (χ0n) is 12.3. The Hall–Kier alpha value is -1.47. The quantitative estimate of drug-likeness (QED) is 0.645. The summed E-state index contributed by atoms with van der Waals surface area (Å²) in [4.78, 5) is 15.6. The molecule has 1 aromatic heterocycles. The third-order valence-electron chi connectivity index (χ3n) is 3.84. The van der Waals surface area contributed by atoms with Crippen LogP contribution in [0.1, 0.15) is 38.1 Å². The molecule has 0 aromatic carbocycles. The van der Waals surface area contributed by atoms with Crippen LogP contribution in [0.5, 0.6) is 0 Å². The predicted octanol–water partition coefficient (Wildman–Crippen LogP) is 0.879. The Morgan fingerprint density at radius 2 is 1.80 bits per heavy atom. The Morgan fingerprint density at radius 1 is 1.25 bits per heavy atom. The summed E-state index contributed by atoms with van der Waals surface area (Å²) < 4.78 is 25.0. The number of pyridine rings is 1. The zero-order valence-corrected chi connectivity index (χ0v) is 12.3. The molecular weight excluding hydrogens is 262 g/mol. The number of amides is 1. The Balaban J connectivity index is 2.44. The first-order valence-electron chi connectivity index (χ1n) is 6.42. The lowest BCUT2D eigenvalue weighted by Crippen LogP contribution is -2.42. The Labute approximate surface area is 118 Å². The third kappa shape index (κ3) is 2.43. The van der Waals surface area contributed by atoms with Crippen molar-refractivity contribution in [3.8, 4) is 0 Å². The van der Waals surface area contributed by atoms with Crippen LogP contribution >= 0.6 is 0 Å². The highest BCUT2D eigenvalue weighted by atomic mass is 19.1. The third-order valence-corrected chi connectivity index (χ3v) is 3.84. The number of carbonyl (C=O) groups is 1. The van der Waals surface area contributed by atoms with Gasteiger partial charge in [-0.15, -0.1) is 0 Å². The molecular formula is C13H18BFN2O3. The molecule has 108 valence electrons. The van der Waals surface area contributed by atoms with Crippen molar-refractivity contribution in [2.24, 2.45) is 0 Å². The van der Waals surface area contributed by atoms with Gasteiger partial charge in [0.1, 0.15) is 0 Å². The van der Waals surface area contributed by atoms with Gasteiger partial charge in [-0.05, 0) is 39.8 Å². The monoisotopic (exact) mass is 280 g/mol. The van der Waals surface area contributed by atoms with Gasteiger partial charge in [0, 0.05) is 7.05 Å². The second kappa shape index (κ2) is 4.82. The maximum Gasteiger partial charge on any atom is 0.515 e. The van der Waals surface area contributed by atoms with Gasteiger partial charge in [-0.3, -0.25) is 4.79 Å². The van der Waals surface area contributed by atoms with Crippen molar-refractivity contribution in [1.29, 1.82) is 0 Å². The van der Waals surface area contributed by atoms with E-state index in [1.807, 2.05) is 27.7 Å². The molecule has 1 aliphatic rings. The van der Waals surface area contributed by atoms with E-state index in [1.54, 1.807) is 0 Å². The van der Waals surface area contributed by atoms with Gasteiger partial charge in [-0.25, -0.2) is 4.98 Å². The van der Waals surface area contributed by atoms with E-state index in [4.69, 9.17) is 9.31 Å². The fourth-order valence-corrected chi connectivity index (χ4v) is 1.91. The van der Waals surface area contributed by atoms with Gasteiger partial charge in [0.25, 0.3) is 5.91 Å². The molecule has 0 aliphatic carbocycles. The molecule has 0 spiro atoms. The first-order valence-corrected chi connectivity index (χ1v) is 6.42. The summed E-state index contributed by atoms with van der Waals surface area (Å²) in [6.07, 6.45) is 0. The van der Waals surface area contributed by atoms with E-state index in [2.05, 4.69) is 10.3 Å². The molecule has 20 heavy (non-hydrogen) atoms. The van der Waals surface area contributed by atoms with Crippen LogP contribution in [0, 0.1) is 5.95 Å². The minimum absolute atomic E-state index is 0.156. The molecule has 1 saturated heterocycles. The molecule has 1 amide bonds. The minimum Gasteiger partial charge on any atom is -0.398 e. The average Bonchev–Trinajstić information content (AvgIpc) is 2.57. The SMILES string of the molecule is CNC(=O)c1ccc(F)nc1B1OC(C)(C)C(C)(C)O1. The molecule has 1 fully saturated rings. The molecule has 0 radical (unpaired) electrons. The summed E-state index contributed by atoms with van der Waals surface area (Å²) in [6, 6.07) is 2.51. The number of carbonyl (C=O) groups excluding carboxylic acids is 1. The molecule has 1 N–H and O–H groups in total. The van der Waals surface area contributed by atoms with E-state index in [1.165, 1.54) is 13.1 Å². The van der Waals surface area contributed by atoms with Gasteiger partial charge in [0.2, 0.25) is 5.95 Å². The average molecular weight is 280 g/mol. The smallest absolute Gasteiger partial charge is 0.398 e. The van der Waals surface area contributed by atoms with Crippen molar-refractivity contribution in [2.75, 3.05) is 7.05 Å². The standard InChI is InChI=1S/C13H18BFN2O3/c1-12(2)13(3,4)20-14(19-12)10-8(11(18)16-5)6-7-9(15)17-10/h6-7H,1-5H3,(H,16,18). The first-order chi connectivity index (χ1) is 9.18. The molecule has 1 aliphatic heterocycles. The van der Waals surface area contributed by atoms with Crippen LogP contribution in [-0.2, 0) is 9.31 Å². The second-order valence-corrected chi connectivity index (χ2v) is 5.73. The highest BCUT2D eigenvalue weighted by molar-refractivity contribution is 6.62. The van der Waals surface area contributed by atoms with Gasteiger partial charge in [-0.2, -0.15) is 4.39 Å². The van der Waals surface area contributed by atoms with Crippen molar-refractivity contribution in [3.05, 3.63) is 23.6 Å². The Kier molecular flexibility index (Phi) is 3.60. The topological polar surface area (TPSA) is 60.5 Å². The van der Waals surface area contributed by atoms with Crippen molar-refractivity contribution in [1.82, 2.24) is 10.3 Å². The number of rotatable bonds is 2. The van der Waals surface area contributed by atoms with Crippen molar-refractivity contribution < 1.29 is 18.5 Å². The maximum absolute atomic E-state index is 13.4. The Bertz CT molecular complexity index is 532. The fraction of sp³-hybridized carbons (Fsp3) is 0.538. The summed E-state index contributed by atoms with van der Waals surface area (Å²) in [5, 5.41) is 2.49. The molecule has 0 unspecified atom stereocenters. The summed E-state index contributed by atoms with van der Waals surface area (Å²) in [7, 11) is 0.627. The molecule has 7 heteroatoms. The van der Waals surface area contributed by atoms with Crippen molar-refractivity contribution in [2.45, 2.75) is 38.9 Å². The summed E-state index contributed by atoms with van der Waals surface area (Å²) in [5.41, 5.74) is -0.757. The van der Waals surface area contributed by atoms with E-state index in [-0.39, 0.29) is 17.1 Å². The molecule has 0 bridgehead atoms. The maximum atomic E-state index is 13.4. The number of nitrogens with zero attached hydrogens (tertiary/aromatic N) is 1. The zero-order chi connectivity index (χ0) is 15.1. The highest BCUT2D eigenvalue weighted by Crippen LogP contribution is 2.36. The van der Waals surface area contributed by atoms with E-state index >= 15 is 0 Å². The number of aromatic nitrogens is 1. The molecule has 2 rings (SSSR count). The lowest BCUT2D eigenvalue weighted by molar-refractivity contribution is 0.00578. The van der Waals surface area contributed by atoms with Crippen LogP contribution in [0.3, 0.4) is 0 Å². The van der Waals surface area contributed by atoms with Gasteiger partial charge in [-0.1, -0.05) is 0 Å². The number of hydrogen-bond donors (Lipinski definition) is 1. The highest BCUT2D eigenvalue weighted by Gasteiger charge is 2.53. The fourth-order valence-electron chi connectivity index (χ4n) is 1.91. The predicted molar refractivity (Wildman–Crippen MR) is 73.3 cm³/mol. The molecule has 5 nitrogen and oxygen atoms in total. The van der Waals surface area contributed by atoms with E-state index < -0.39 is 24.3 Å². The normalized spacial score (nSPS) is 20.0. The van der Waals surface area contributed by atoms with Crippen LogP contribution in [0.15, 0.2) is 12.1 Å². The van der Waals surface area contributed by atoms with Crippen molar-refractivity contribution >= 4 is 18.6 Å². The van der Waals surface area contributed by atoms with Gasteiger partial charge < -0.3 is 14.6 Å². The van der Waals surface area contributed by atoms with Crippen LogP contribution in [0.2, 0.25) is 0 Å². The van der Waals surface area contributed by atoms with E-state index in [0.29, 0.717) is 0 Å². The minimum atomic E-state index is -0.872. The lowest BCUT2D eigenvalue weighted by Gasteiger charge is -2.32. The lowest BCUT2D eigenvalue weighted by atomic mass is 9.80. The van der Waals surface area contributed by atoms with Crippen molar-refractivity contribution in [3.63, 3.8) is 0 Å². The second-order valence-electron chi connectivity index (χ2n) is 5.73. The molecule has 1 aromatic rings. The van der Waals surface area contributed by atoms with Crippen LogP contribution < -0.4 is 10.9 Å². The van der Waals surface area contributed by atoms with E-state index in [9.17, 15) is 9.18 Å². The van der Waals surface area contributed by atoms with Crippen LogP contribution in [0.4, 0.5) is 4.39 Å². The van der Waals surface area contributed by atoms with E-state index in [0.717, 1.165) is 6.07 Å². The largest absolute Gasteiger partial charge is 0.515 e. The summed E-state index contributed by atoms with van der Waals surface area (Å²) >= 11 is 0. The van der Waals surface area contributed by atoms with Crippen LogP contribution in [-0.4, -0.2) is 36.3 Å². The van der Waals surface area contributed by atoms with Gasteiger partial charge in [0.05, 0.1) is 22.4 Å². The molecule has 0 atom stereocenters. The van der Waals surface area contributed by atoms with Gasteiger partial charge >= 0.3 is 7.12 Å².